The Labute approximate surface area is 175 Å². The minimum atomic E-state index is -0.329. The molecule has 1 aromatic carbocycles. The predicted molar refractivity (Wildman–Crippen MR) is 112 cm³/mol. The molecule has 0 atom stereocenters. The van der Waals surface area contributed by atoms with Gasteiger partial charge in [0, 0.05) is 52.4 Å². The summed E-state index contributed by atoms with van der Waals surface area (Å²) in [7, 11) is 2.13. The van der Waals surface area contributed by atoms with Gasteiger partial charge in [0.15, 0.2) is 18.2 Å². The zero-order valence-corrected chi connectivity index (χ0v) is 17.2. The highest BCUT2D eigenvalue weighted by Gasteiger charge is 2.23. The molecule has 2 aliphatic rings. The van der Waals surface area contributed by atoms with E-state index >= 15 is 0 Å². The fourth-order valence-corrected chi connectivity index (χ4v) is 3.64. The molecule has 0 N–H and O–H groups in total. The molecule has 0 saturated carbocycles. The van der Waals surface area contributed by atoms with E-state index < -0.39 is 0 Å². The van der Waals surface area contributed by atoms with Gasteiger partial charge in [-0.25, -0.2) is 4.39 Å². The lowest BCUT2D eigenvalue weighted by Gasteiger charge is -2.35. The third-order valence-corrected chi connectivity index (χ3v) is 5.60. The molecule has 160 valence electrons. The van der Waals surface area contributed by atoms with Crippen LogP contribution in [0.1, 0.15) is 0 Å². The molecule has 4 rings (SSSR count). The summed E-state index contributed by atoms with van der Waals surface area (Å²) in [6, 6.07) is 9.71. The summed E-state index contributed by atoms with van der Waals surface area (Å²) in [5, 5.41) is 8.83. The number of halogens is 1. The number of rotatable bonds is 5. The largest absolute Gasteiger partial charge is 0.484 e. The topological polar surface area (TPSA) is 65.0 Å². The molecule has 0 bridgehead atoms. The first-order chi connectivity index (χ1) is 14.6. The van der Waals surface area contributed by atoms with Crippen molar-refractivity contribution < 1.29 is 13.9 Å². The van der Waals surface area contributed by atoms with E-state index in [9.17, 15) is 9.18 Å². The van der Waals surface area contributed by atoms with E-state index in [1.807, 2.05) is 12.1 Å². The Morgan fingerprint density at radius 2 is 1.40 bits per heavy atom. The smallest absolute Gasteiger partial charge is 0.260 e. The number of nitrogens with zero attached hydrogens (tertiary/aromatic N) is 6. The Kier molecular flexibility index (Phi) is 6.27. The van der Waals surface area contributed by atoms with Gasteiger partial charge < -0.3 is 24.3 Å². The molecule has 3 heterocycles. The Hall–Kier alpha value is -2.94. The molecule has 2 aliphatic heterocycles. The van der Waals surface area contributed by atoms with E-state index in [-0.39, 0.29) is 18.3 Å². The number of likely N-dealkylation sites (N-methyl/N-ethyl adjacent to an activating group) is 1. The highest BCUT2D eigenvalue weighted by atomic mass is 19.1. The first-order valence-electron chi connectivity index (χ1n) is 10.3. The summed E-state index contributed by atoms with van der Waals surface area (Å²) >= 11 is 0. The number of carbonyl (C=O) groups excluding carboxylic acids is 1. The Morgan fingerprint density at radius 1 is 0.867 bits per heavy atom. The van der Waals surface area contributed by atoms with E-state index in [4.69, 9.17) is 4.74 Å². The number of hydrogen-bond acceptors (Lipinski definition) is 7. The van der Waals surface area contributed by atoms with Crippen LogP contribution >= 0.6 is 0 Å². The standard InChI is InChI=1S/C21H27FN6O2/c1-25-8-10-26(11-9-25)19-6-7-20(24-23-19)27-12-14-28(15-13-27)21(29)16-30-18-4-2-17(22)3-5-18/h2-7H,8-16H2,1H3. The van der Waals surface area contributed by atoms with E-state index in [1.54, 1.807) is 4.90 Å². The van der Waals surface area contributed by atoms with Gasteiger partial charge in [-0.05, 0) is 43.4 Å². The van der Waals surface area contributed by atoms with Crippen LogP contribution in [0.2, 0.25) is 0 Å². The first-order valence-corrected chi connectivity index (χ1v) is 10.3. The highest BCUT2D eigenvalue weighted by molar-refractivity contribution is 5.78. The van der Waals surface area contributed by atoms with Crippen molar-refractivity contribution >= 4 is 17.5 Å². The molecule has 0 aliphatic carbocycles. The molecular weight excluding hydrogens is 387 g/mol. The van der Waals surface area contributed by atoms with Crippen molar-refractivity contribution in [3.05, 3.63) is 42.2 Å². The number of carbonyl (C=O) groups is 1. The van der Waals surface area contributed by atoms with Crippen molar-refractivity contribution in [3.63, 3.8) is 0 Å². The Bertz CT molecular complexity index is 832. The molecule has 9 heteroatoms. The van der Waals surface area contributed by atoms with Crippen molar-refractivity contribution in [2.45, 2.75) is 0 Å². The number of benzene rings is 1. The summed E-state index contributed by atoms with van der Waals surface area (Å²) in [4.78, 5) is 20.9. The number of hydrogen-bond donors (Lipinski definition) is 0. The lowest BCUT2D eigenvalue weighted by atomic mass is 10.3. The maximum atomic E-state index is 12.9. The normalized spacial score (nSPS) is 17.9. The van der Waals surface area contributed by atoms with Crippen molar-refractivity contribution in [1.82, 2.24) is 20.0 Å². The van der Waals surface area contributed by atoms with Crippen LogP contribution in [0.3, 0.4) is 0 Å². The van der Waals surface area contributed by atoms with Crippen LogP contribution in [0.25, 0.3) is 0 Å². The van der Waals surface area contributed by atoms with Crippen LogP contribution in [0, 0.1) is 5.82 Å². The van der Waals surface area contributed by atoms with Crippen molar-refractivity contribution in [1.29, 1.82) is 0 Å². The van der Waals surface area contributed by atoms with Crippen molar-refractivity contribution in [2.24, 2.45) is 0 Å². The lowest BCUT2D eigenvalue weighted by Crippen LogP contribution is -2.50. The highest BCUT2D eigenvalue weighted by Crippen LogP contribution is 2.18. The number of aromatic nitrogens is 2. The molecule has 0 radical (unpaired) electrons. The number of amides is 1. The van der Waals surface area contributed by atoms with E-state index in [2.05, 4.69) is 31.9 Å². The van der Waals surface area contributed by atoms with E-state index in [0.717, 1.165) is 37.8 Å². The molecule has 30 heavy (non-hydrogen) atoms. The fourth-order valence-electron chi connectivity index (χ4n) is 3.64. The van der Waals surface area contributed by atoms with Gasteiger partial charge in [0.25, 0.3) is 5.91 Å². The second-order valence-electron chi connectivity index (χ2n) is 7.65. The molecule has 2 fully saturated rings. The van der Waals surface area contributed by atoms with E-state index in [1.165, 1.54) is 24.3 Å². The summed E-state index contributed by atoms with van der Waals surface area (Å²) in [5.74, 6) is 1.83. The third kappa shape index (κ3) is 4.96. The molecule has 1 amide bonds. The molecule has 0 spiro atoms. The quantitative estimate of drug-likeness (QED) is 0.726. The predicted octanol–water partition coefficient (Wildman–Crippen LogP) is 1.10. The minimum absolute atomic E-state index is 0.0504. The maximum absolute atomic E-state index is 12.9. The van der Waals surface area contributed by atoms with Gasteiger partial charge in [-0.2, -0.15) is 0 Å². The number of piperazine rings is 2. The van der Waals surface area contributed by atoms with Crippen molar-refractivity contribution in [2.75, 3.05) is 75.8 Å². The summed E-state index contributed by atoms with van der Waals surface area (Å²) in [6.07, 6.45) is 0. The Balaban J connectivity index is 1.24. The monoisotopic (exact) mass is 414 g/mol. The average molecular weight is 414 g/mol. The second-order valence-corrected chi connectivity index (χ2v) is 7.65. The van der Waals surface area contributed by atoms with Crippen LogP contribution in [0.5, 0.6) is 5.75 Å². The summed E-state index contributed by atoms with van der Waals surface area (Å²) < 4.78 is 18.4. The maximum Gasteiger partial charge on any atom is 0.260 e. The van der Waals surface area contributed by atoms with Gasteiger partial charge in [0.1, 0.15) is 11.6 Å². The molecule has 1 aromatic heterocycles. The number of anilines is 2. The van der Waals surface area contributed by atoms with Gasteiger partial charge in [-0.1, -0.05) is 0 Å². The number of ether oxygens (including phenoxy) is 1. The van der Waals surface area contributed by atoms with Crippen LogP contribution in [0.15, 0.2) is 36.4 Å². The van der Waals surface area contributed by atoms with Crippen LogP contribution in [0.4, 0.5) is 16.0 Å². The Morgan fingerprint density at radius 3 is 1.93 bits per heavy atom. The lowest BCUT2D eigenvalue weighted by molar-refractivity contribution is -0.133. The minimum Gasteiger partial charge on any atom is -0.484 e. The molecular formula is C21H27FN6O2. The van der Waals surface area contributed by atoms with Gasteiger partial charge >= 0.3 is 0 Å². The van der Waals surface area contributed by atoms with Crippen LogP contribution in [-0.4, -0.2) is 91.9 Å². The average Bonchev–Trinajstić information content (AvgIpc) is 2.79. The molecule has 2 aromatic rings. The molecule has 0 unspecified atom stereocenters. The van der Waals surface area contributed by atoms with Gasteiger partial charge in [-0.15, -0.1) is 10.2 Å². The fraction of sp³-hybridized carbons (Fsp3) is 0.476. The van der Waals surface area contributed by atoms with Crippen LogP contribution < -0.4 is 14.5 Å². The summed E-state index contributed by atoms with van der Waals surface area (Å²) in [6.45, 7) is 6.55. The SMILES string of the molecule is CN1CCN(c2ccc(N3CCN(C(=O)COc4ccc(F)cc4)CC3)nn2)CC1. The van der Waals surface area contributed by atoms with Gasteiger partial charge in [0.05, 0.1) is 0 Å². The molecule has 2 saturated heterocycles. The zero-order valence-electron chi connectivity index (χ0n) is 17.2. The third-order valence-electron chi connectivity index (χ3n) is 5.60. The zero-order chi connectivity index (χ0) is 20.9. The molecule has 8 nitrogen and oxygen atoms in total. The van der Waals surface area contributed by atoms with Gasteiger partial charge in [-0.3, -0.25) is 4.79 Å². The van der Waals surface area contributed by atoms with Crippen molar-refractivity contribution in [3.8, 4) is 5.75 Å². The second kappa shape index (κ2) is 9.25. The van der Waals surface area contributed by atoms with Gasteiger partial charge in [0.2, 0.25) is 0 Å². The van der Waals surface area contributed by atoms with Crippen LogP contribution in [-0.2, 0) is 4.79 Å². The van der Waals surface area contributed by atoms with E-state index in [0.29, 0.717) is 31.9 Å². The first kappa shape index (κ1) is 20.3. The summed E-state index contributed by atoms with van der Waals surface area (Å²) in [5.41, 5.74) is 0.